The molecule has 1 aliphatic heterocycles. The lowest BCUT2D eigenvalue weighted by molar-refractivity contribution is 0.157. The molecular formula is C9H18N2O. The van der Waals surface area contributed by atoms with Crippen molar-refractivity contribution >= 4 is 6.03 Å². The highest BCUT2D eigenvalue weighted by Gasteiger charge is 2.25. The SMILES string of the molecule is CCC(C)(C)NC(=O)N1CCC1. The van der Waals surface area contributed by atoms with Gasteiger partial charge in [0, 0.05) is 18.6 Å². The summed E-state index contributed by atoms with van der Waals surface area (Å²) in [4.78, 5) is 13.3. The van der Waals surface area contributed by atoms with Crippen LogP contribution in [0.4, 0.5) is 4.79 Å². The Morgan fingerprint density at radius 3 is 2.42 bits per heavy atom. The van der Waals surface area contributed by atoms with E-state index in [-0.39, 0.29) is 11.6 Å². The first-order valence-electron chi connectivity index (χ1n) is 4.62. The molecule has 1 fully saturated rings. The Morgan fingerprint density at radius 1 is 1.50 bits per heavy atom. The Balaban J connectivity index is 2.34. The number of amides is 2. The van der Waals surface area contributed by atoms with Crippen molar-refractivity contribution in [2.75, 3.05) is 13.1 Å². The van der Waals surface area contributed by atoms with Crippen molar-refractivity contribution in [3.8, 4) is 0 Å². The fourth-order valence-corrected chi connectivity index (χ4v) is 0.976. The smallest absolute Gasteiger partial charge is 0.317 e. The summed E-state index contributed by atoms with van der Waals surface area (Å²) in [6, 6.07) is 0.0908. The number of carbonyl (C=O) groups is 1. The van der Waals surface area contributed by atoms with Gasteiger partial charge in [0.05, 0.1) is 0 Å². The van der Waals surface area contributed by atoms with Crippen LogP contribution in [-0.2, 0) is 0 Å². The fraction of sp³-hybridized carbons (Fsp3) is 0.889. The average Bonchev–Trinajstić information content (AvgIpc) is 1.82. The lowest BCUT2D eigenvalue weighted by Gasteiger charge is -2.35. The zero-order chi connectivity index (χ0) is 9.19. The molecule has 2 amide bonds. The van der Waals surface area contributed by atoms with Crippen molar-refractivity contribution in [3.05, 3.63) is 0 Å². The summed E-state index contributed by atoms with van der Waals surface area (Å²) in [5, 5.41) is 2.99. The van der Waals surface area contributed by atoms with Gasteiger partial charge in [-0.1, -0.05) is 6.92 Å². The van der Waals surface area contributed by atoms with Gasteiger partial charge in [-0.25, -0.2) is 4.79 Å². The molecule has 0 atom stereocenters. The van der Waals surface area contributed by atoms with Crippen molar-refractivity contribution < 1.29 is 4.79 Å². The van der Waals surface area contributed by atoms with Crippen molar-refractivity contribution in [1.29, 1.82) is 0 Å². The van der Waals surface area contributed by atoms with Crippen LogP contribution >= 0.6 is 0 Å². The standard InChI is InChI=1S/C9H18N2O/c1-4-9(2,3)10-8(12)11-6-5-7-11/h4-7H2,1-3H3,(H,10,12). The molecule has 3 heteroatoms. The molecule has 0 aromatic heterocycles. The van der Waals surface area contributed by atoms with Gasteiger partial charge in [-0.05, 0) is 26.7 Å². The first-order valence-corrected chi connectivity index (χ1v) is 4.62. The van der Waals surface area contributed by atoms with Gasteiger partial charge in [0.25, 0.3) is 0 Å². The number of likely N-dealkylation sites (tertiary alicyclic amines) is 1. The normalized spacial score (nSPS) is 17.1. The van der Waals surface area contributed by atoms with Crippen LogP contribution in [-0.4, -0.2) is 29.6 Å². The van der Waals surface area contributed by atoms with Gasteiger partial charge in [-0.15, -0.1) is 0 Å². The van der Waals surface area contributed by atoms with Crippen molar-refractivity contribution in [2.24, 2.45) is 0 Å². The third-order valence-corrected chi connectivity index (χ3v) is 2.47. The minimum atomic E-state index is -0.0628. The van der Waals surface area contributed by atoms with Crippen LogP contribution in [0.25, 0.3) is 0 Å². The highest BCUT2D eigenvalue weighted by atomic mass is 16.2. The number of hydrogen-bond acceptors (Lipinski definition) is 1. The van der Waals surface area contributed by atoms with Crippen LogP contribution in [0.5, 0.6) is 0 Å². The maximum absolute atomic E-state index is 11.4. The molecule has 0 bridgehead atoms. The van der Waals surface area contributed by atoms with Crippen LogP contribution in [0.3, 0.4) is 0 Å². The van der Waals surface area contributed by atoms with Crippen molar-refractivity contribution in [2.45, 2.75) is 39.2 Å². The zero-order valence-electron chi connectivity index (χ0n) is 8.18. The van der Waals surface area contributed by atoms with E-state index in [0.29, 0.717) is 0 Å². The van der Waals surface area contributed by atoms with Crippen LogP contribution in [0.1, 0.15) is 33.6 Å². The molecule has 3 nitrogen and oxygen atoms in total. The predicted octanol–water partition coefficient (Wildman–Crippen LogP) is 1.59. The van der Waals surface area contributed by atoms with Gasteiger partial charge >= 0.3 is 6.03 Å². The minimum Gasteiger partial charge on any atom is -0.333 e. The molecule has 0 spiro atoms. The first-order chi connectivity index (χ1) is 5.55. The first kappa shape index (κ1) is 9.36. The molecule has 0 radical (unpaired) electrons. The molecule has 0 unspecified atom stereocenters. The van der Waals surface area contributed by atoms with E-state index < -0.39 is 0 Å². The van der Waals surface area contributed by atoms with Gasteiger partial charge in [0.15, 0.2) is 0 Å². The number of urea groups is 1. The second-order valence-corrected chi connectivity index (χ2v) is 4.01. The number of carbonyl (C=O) groups excluding carboxylic acids is 1. The van der Waals surface area contributed by atoms with Crippen LogP contribution in [0.2, 0.25) is 0 Å². The predicted molar refractivity (Wildman–Crippen MR) is 49.1 cm³/mol. The van der Waals surface area contributed by atoms with E-state index in [1.807, 2.05) is 18.7 Å². The topological polar surface area (TPSA) is 32.3 Å². The molecule has 70 valence electrons. The van der Waals surface area contributed by atoms with Gasteiger partial charge in [-0.2, -0.15) is 0 Å². The molecule has 0 aliphatic carbocycles. The monoisotopic (exact) mass is 170 g/mol. The Kier molecular flexibility index (Phi) is 2.60. The van der Waals surface area contributed by atoms with Gasteiger partial charge in [0.1, 0.15) is 0 Å². The third-order valence-electron chi connectivity index (χ3n) is 2.47. The van der Waals surface area contributed by atoms with E-state index in [9.17, 15) is 4.79 Å². The molecule has 1 N–H and O–H groups in total. The summed E-state index contributed by atoms with van der Waals surface area (Å²) in [5.74, 6) is 0. The quantitative estimate of drug-likeness (QED) is 0.670. The Labute approximate surface area is 74.1 Å². The Bertz CT molecular complexity index is 173. The van der Waals surface area contributed by atoms with Crippen molar-refractivity contribution in [1.82, 2.24) is 10.2 Å². The molecule has 1 rings (SSSR count). The molecule has 1 aliphatic rings. The maximum atomic E-state index is 11.4. The summed E-state index contributed by atoms with van der Waals surface area (Å²) in [7, 11) is 0. The summed E-state index contributed by atoms with van der Waals surface area (Å²) >= 11 is 0. The summed E-state index contributed by atoms with van der Waals surface area (Å²) in [5.41, 5.74) is -0.0628. The molecule has 1 heterocycles. The van der Waals surface area contributed by atoms with Gasteiger partial charge in [0.2, 0.25) is 0 Å². The molecular weight excluding hydrogens is 152 g/mol. The fourth-order valence-electron chi connectivity index (χ4n) is 0.976. The lowest BCUT2D eigenvalue weighted by atomic mass is 10.0. The van der Waals surface area contributed by atoms with Crippen LogP contribution < -0.4 is 5.32 Å². The van der Waals surface area contributed by atoms with Gasteiger partial charge < -0.3 is 10.2 Å². The molecule has 0 saturated carbocycles. The average molecular weight is 170 g/mol. The third kappa shape index (κ3) is 2.13. The highest BCUT2D eigenvalue weighted by molar-refractivity contribution is 5.75. The van der Waals surface area contributed by atoms with E-state index in [0.717, 1.165) is 25.9 Å². The molecule has 12 heavy (non-hydrogen) atoms. The summed E-state index contributed by atoms with van der Waals surface area (Å²) in [6.45, 7) is 8.02. The summed E-state index contributed by atoms with van der Waals surface area (Å²) in [6.07, 6.45) is 2.12. The van der Waals surface area contributed by atoms with Crippen LogP contribution in [0.15, 0.2) is 0 Å². The van der Waals surface area contributed by atoms with E-state index in [1.165, 1.54) is 0 Å². The lowest BCUT2D eigenvalue weighted by Crippen LogP contribution is -2.53. The number of hydrogen-bond donors (Lipinski definition) is 1. The Morgan fingerprint density at radius 2 is 2.08 bits per heavy atom. The molecule has 0 aromatic rings. The number of rotatable bonds is 2. The van der Waals surface area contributed by atoms with E-state index in [1.54, 1.807) is 0 Å². The Hall–Kier alpha value is -0.730. The van der Waals surface area contributed by atoms with E-state index in [2.05, 4.69) is 12.2 Å². The van der Waals surface area contributed by atoms with E-state index >= 15 is 0 Å². The maximum Gasteiger partial charge on any atom is 0.317 e. The number of nitrogens with zero attached hydrogens (tertiary/aromatic N) is 1. The highest BCUT2D eigenvalue weighted by Crippen LogP contribution is 2.11. The second kappa shape index (κ2) is 3.33. The second-order valence-electron chi connectivity index (χ2n) is 4.01. The minimum absolute atomic E-state index is 0.0628. The summed E-state index contributed by atoms with van der Waals surface area (Å²) < 4.78 is 0. The molecule has 0 aromatic carbocycles. The molecule has 1 saturated heterocycles. The van der Waals surface area contributed by atoms with E-state index in [4.69, 9.17) is 0 Å². The van der Waals surface area contributed by atoms with Crippen LogP contribution in [0, 0.1) is 0 Å². The zero-order valence-corrected chi connectivity index (χ0v) is 8.18. The van der Waals surface area contributed by atoms with Gasteiger partial charge in [-0.3, -0.25) is 0 Å². The number of nitrogens with one attached hydrogen (secondary N) is 1. The van der Waals surface area contributed by atoms with Crippen molar-refractivity contribution in [3.63, 3.8) is 0 Å². The largest absolute Gasteiger partial charge is 0.333 e.